The fourth-order valence-corrected chi connectivity index (χ4v) is 2.33. The van der Waals surface area contributed by atoms with Crippen LogP contribution in [0.3, 0.4) is 0 Å². The van der Waals surface area contributed by atoms with E-state index in [1.165, 1.54) is 0 Å². The van der Waals surface area contributed by atoms with Crippen LogP contribution < -0.4 is 10.5 Å². The molecule has 0 spiro atoms. The Morgan fingerprint density at radius 1 is 1.47 bits per heavy atom. The Bertz CT molecular complexity index is 382. The standard InChI is InChI=1S/C12H17NO3S/c1-16-9-5-6-10(13)11(8-9)17-7-3-2-4-12(14)15/h5-6,8H,2-4,7,13H2,1H3,(H,14,15). The minimum absolute atomic E-state index is 0.230. The van der Waals surface area contributed by atoms with Crippen LogP contribution in [0.5, 0.6) is 5.75 Å². The van der Waals surface area contributed by atoms with Gasteiger partial charge in [0.1, 0.15) is 5.75 Å². The molecule has 5 heteroatoms. The predicted molar refractivity (Wildman–Crippen MR) is 69.6 cm³/mol. The van der Waals surface area contributed by atoms with Gasteiger partial charge in [0.2, 0.25) is 0 Å². The summed E-state index contributed by atoms with van der Waals surface area (Å²) in [5.41, 5.74) is 6.57. The van der Waals surface area contributed by atoms with E-state index in [0.29, 0.717) is 6.42 Å². The number of anilines is 1. The van der Waals surface area contributed by atoms with Gasteiger partial charge in [-0.1, -0.05) is 0 Å². The Hall–Kier alpha value is -1.36. The number of nitrogen functional groups attached to an aromatic ring is 1. The van der Waals surface area contributed by atoms with Crippen LogP contribution in [0.2, 0.25) is 0 Å². The SMILES string of the molecule is COc1ccc(N)c(SCCCCC(=O)O)c1. The summed E-state index contributed by atoms with van der Waals surface area (Å²) in [6, 6.07) is 5.54. The lowest BCUT2D eigenvalue weighted by molar-refractivity contribution is -0.137. The number of hydrogen-bond donors (Lipinski definition) is 2. The maximum atomic E-state index is 10.3. The maximum Gasteiger partial charge on any atom is 0.303 e. The molecule has 0 saturated heterocycles. The second-order valence-electron chi connectivity index (χ2n) is 3.60. The zero-order valence-corrected chi connectivity index (χ0v) is 10.6. The van der Waals surface area contributed by atoms with E-state index in [9.17, 15) is 4.79 Å². The van der Waals surface area contributed by atoms with E-state index in [4.69, 9.17) is 15.6 Å². The Labute approximate surface area is 105 Å². The van der Waals surface area contributed by atoms with Crippen LogP contribution in [-0.2, 0) is 4.79 Å². The van der Waals surface area contributed by atoms with Crippen molar-refractivity contribution in [2.45, 2.75) is 24.2 Å². The van der Waals surface area contributed by atoms with Crippen LogP contribution in [0.4, 0.5) is 5.69 Å². The smallest absolute Gasteiger partial charge is 0.303 e. The summed E-state index contributed by atoms with van der Waals surface area (Å²) in [6.45, 7) is 0. The van der Waals surface area contributed by atoms with Crippen LogP contribution in [0.1, 0.15) is 19.3 Å². The highest BCUT2D eigenvalue weighted by atomic mass is 32.2. The molecule has 0 aliphatic heterocycles. The molecular formula is C12H17NO3S. The van der Waals surface area contributed by atoms with E-state index in [1.54, 1.807) is 18.9 Å². The maximum absolute atomic E-state index is 10.3. The lowest BCUT2D eigenvalue weighted by Crippen LogP contribution is -1.95. The van der Waals surface area contributed by atoms with Gasteiger partial charge in [0.25, 0.3) is 0 Å². The molecule has 0 saturated carbocycles. The van der Waals surface area contributed by atoms with E-state index in [1.807, 2.05) is 18.2 Å². The number of carboxylic acid groups (broad SMARTS) is 1. The van der Waals surface area contributed by atoms with Crippen molar-refractivity contribution in [3.8, 4) is 5.75 Å². The normalized spacial score (nSPS) is 10.2. The molecule has 0 atom stereocenters. The highest BCUT2D eigenvalue weighted by Crippen LogP contribution is 2.29. The van der Waals surface area contributed by atoms with Gasteiger partial charge in [0, 0.05) is 17.0 Å². The highest BCUT2D eigenvalue weighted by Gasteiger charge is 2.03. The molecule has 0 aliphatic carbocycles. The molecular weight excluding hydrogens is 238 g/mol. The van der Waals surface area contributed by atoms with Gasteiger partial charge in [0.05, 0.1) is 7.11 Å². The molecule has 0 heterocycles. The first-order valence-corrected chi connectivity index (χ1v) is 6.40. The van der Waals surface area contributed by atoms with Crippen molar-refractivity contribution in [1.29, 1.82) is 0 Å². The lowest BCUT2D eigenvalue weighted by Gasteiger charge is -2.07. The zero-order chi connectivity index (χ0) is 12.7. The monoisotopic (exact) mass is 255 g/mol. The van der Waals surface area contributed by atoms with Crippen molar-refractivity contribution in [2.24, 2.45) is 0 Å². The molecule has 17 heavy (non-hydrogen) atoms. The minimum Gasteiger partial charge on any atom is -0.497 e. The Morgan fingerprint density at radius 3 is 2.88 bits per heavy atom. The van der Waals surface area contributed by atoms with Gasteiger partial charge in [-0.05, 0) is 36.8 Å². The molecule has 94 valence electrons. The number of carboxylic acids is 1. The van der Waals surface area contributed by atoms with E-state index in [2.05, 4.69) is 0 Å². The average Bonchev–Trinajstić information content (AvgIpc) is 2.30. The lowest BCUT2D eigenvalue weighted by atomic mass is 10.2. The van der Waals surface area contributed by atoms with E-state index >= 15 is 0 Å². The summed E-state index contributed by atoms with van der Waals surface area (Å²) in [7, 11) is 1.62. The number of ether oxygens (including phenoxy) is 1. The van der Waals surface area contributed by atoms with Crippen molar-refractivity contribution in [2.75, 3.05) is 18.6 Å². The van der Waals surface area contributed by atoms with Gasteiger partial charge in [-0.2, -0.15) is 0 Å². The molecule has 0 aliphatic rings. The molecule has 0 radical (unpaired) electrons. The number of benzene rings is 1. The van der Waals surface area contributed by atoms with Gasteiger partial charge in [-0.15, -0.1) is 11.8 Å². The van der Waals surface area contributed by atoms with Crippen molar-refractivity contribution < 1.29 is 14.6 Å². The molecule has 1 aromatic rings. The van der Waals surface area contributed by atoms with Crippen LogP contribution in [0, 0.1) is 0 Å². The van der Waals surface area contributed by atoms with Crippen molar-refractivity contribution in [3.63, 3.8) is 0 Å². The summed E-state index contributed by atoms with van der Waals surface area (Å²) in [5.74, 6) is 0.910. The number of nitrogens with two attached hydrogens (primary N) is 1. The first-order valence-electron chi connectivity index (χ1n) is 5.41. The summed E-state index contributed by atoms with van der Waals surface area (Å²) in [5, 5.41) is 8.50. The molecule has 1 aromatic carbocycles. The number of rotatable bonds is 7. The molecule has 0 aromatic heterocycles. The van der Waals surface area contributed by atoms with Gasteiger partial charge < -0.3 is 15.6 Å². The summed E-state index contributed by atoms with van der Waals surface area (Å²) in [4.78, 5) is 11.3. The van der Waals surface area contributed by atoms with Gasteiger partial charge in [-0.25, -0.2) is 0 Å². The number of unbranched alkanes of at least 4 members (excludes halogenated alkanes) is 1. The molecule has 0 amide bonds. The minimum atomic E-state index is -0.740. The van der Waals surface area contributed by atoms with E-state index in [0.717, 1.165) is 28.5 Å². The number of hydrogen-bond acceptors (Lipinski definition) is 4. The highest BCUT2D eigenvalue weighted by molar-refractivity contribution is 7.99. The second kappa shape index (κ2) is 7.06. The molecule has 0 unspecified atom stereocenters. The first kappa shape index (κ1) is 13.7. The number of thioether (sulfide) groups is 1. The van der Waals surface area contributed by atoms with Crippen molar-refractivity contribution in [3.05, 3.63) is 18.2 Å². The average molecular weight is 255 g/mol. The van der Waals surface area contributed by atoms with E-state index in [-0.39, 0.29) is 6.42 Å². The van der Waals surface area contributed by atoms with Crippen LogP contribution in [0.15, 0.2) is 23.1 Å². The van der Waals surface area contributed by atoms with Gasteiger partial charge in [0.15, 0.2) is 0 Å². The van der Waals surface area contributed by atoms with Crippen LogP contribution in [0.25, 0.3) is 0 Å². The van der Waals surface area contributed by atoms with Gasteiger partial charge >= 0.3 is 5.97 Å². The number of carbonyl (C=O) groups is 1. The third kappa shape index (κ3) is 4.99. The third-order valence-corrected chi connectivity index (χ3v) is 3.42. The Balaban J connectivity index is 2.38. The molecule has 1 rings (SSSR count). The first-order chi connectivity index (χ1) is 8.13. The van der Waals surface area contributed by atoms with Crippen molar-refractivity contribution in [1.82, 2.24) is 0 Å². The Kier molecular flexibility index (Phi) is 5.69. The molecule has 0 bridgehead atoms. The van der Waals surface area contributed by atoms with Gasteiger partial charge in [-0.3, -0.25) is 4.79 Å². The quantitative estimate of drug-likeness (QED) is 0.445. The summed E-state index contributed by atoms with van der Waals surface area (Å²) >= 11 is 1.63. The number of aliphatic carboxylic acids is 1. The predicted octanol–water partition coefficient (Wildman–Crippen LogP) is 2.62. The Morgan fingerprint density at radius 2 is 2.24 bits per heavy atom. The second-order valence-corrected chi connectivity index (χ2v) is 4.74. The van der Waals surface area contributed by atoms with Crippen molar-refractivity contribution >= 4 is 23.4 Å². The molecule has 3 N–H and O–H groups in total. The largest absolute Gasteiger partial charge is 0.497 e. The van der Waals surface area contributed by atoms with E-state index < -0.39 is 5.97 Å². The summed E-state index contributed by atoms with van der Waals surface area (Å²) < 4.78 is 5.12. The summed E-state index contributed by atoms with van der Waals surface area (Å²) in [6.07, 6.45) is 1.80. The fraction of sp³-hybridized carbons (Fsp3) is 0.417. The molecule has 0 fully saturated rings. The van der Waals surface area contributed by atoms with Crippen LogP contribution in [-0.4, -0.2) is 23.9 Å². The topological polar surface area (TPSA) is 72.5 Å². The zero-order valence-electron chi connectivity index (χ0n) is 9.81. The third-order valence-electron chi connectivity index (χ3n) is 2.26. The van der Waals surface area contributed by atoms with Crippen LogP contribution >= 0.6 is 11.8 Å². The number of methoxy groups -OCH3 is 1. The fourth-order valence-electron chi connectivity index (χ4n) is 1.33. The molecule has 4 nitrogen and oxygen atoms in total.